The van der Waals surface area contributed by atoms with E-state index in [1.54, 1.807) is 7.11 Å². The highest BCUT2D eigenvalue weighted by molar-refractivity contribution is 14.0. The zero-order chi connectivity index (χ0) is 16.2. The molecule has 130 valence electrons. The lowest BCUT2D eigenvalue weighted by Crippen LogP contribution is -2.23. The number of halogens is 1. The van der Waals surface area contributed by atoms with Crippen LogP contribution in [0.1, 0.15) is 31.2 Å². The first-order valence-electron chi connectivity index (χ1n) is 7.38. The van der Waals surface area contributed by atoms with E-state index in [4.69, 9.17) is 10.5 Å². The average Bonchev–Trinajstić information content (AvgIpc) is 2.52. The number of hydrogen-bond acceptors (Lipinski definition) is 4. The molecule has 23 heavy (non-hydrogen) atoms. The Kier molecular flexibility index (Phi) is 12.4. The number of anilines is 1. The maximum atomic E-state index is 11.0. The number of nitrogens with one attached hydrogen (secondary N) is 1. The van der Waals surface area contributed by atoms with Gasteiger partial charge in [0.05, 0.1) is 13.7 Å². The van der Waals surface area contributed by atoms with Crippen molar-refractivity contribution in [2.75, 3.05) is 26.1 Å². The standard InChI is InChI=1S/C16H25N3O3.HI/c1-21-12-13-8-5-6-9-14(13)19-16(17)18-11-7-3-4-10-15(20)22-2;/h5-6,8-9H,3-4,7,10-12H2,1-2H3,(H3,17,18,19);1H. The second-order valence-corrected chi connectivity index (χ2v) is 4.87. The highest BCUT2D eigenvalue weighted by Crippen LogP contribution is 2.15. The third-order valence-corrected chi connectivity index (χ3v) is 3.13. The molecule has 0 radical (unpaired) electrons. The van der Waals surface area contributed by atoms with E-state index in [2.05, 4.69) is 15.0 Å². The van der Waals surface area contributed by atoms with Crippen molar-refractivity contribution in [2.24, 2.45) is 10.7 Å². The molecule has 6 nitrogen and oxygen atoms in total. The monoisotopic (exact) mass is 435 g/mol. The molecule has 0 saturated heterocycles. The molecule has 7 heteroatoms. The molecule has 0 aliphatic carbocycles. The Morgan fingerprint density at radius 2 is 1.96 bits per heavy atom. The molecule has 0 heterocycles. The van der Waals surface area contributed by atoms with Crippen molar-refractivity contribution < 1.29 is 14.3 Å². The third kappa shape index (κ3) is 9.39. The van der Waals surface area contributed by atoms with Crippen LogP contribution in [0, 0.1) is 0 Å². The van der Waals surface area contributed by atoms with Crippen LogP contribution >= 0.6 is 24.0 Å². The van der Waals surface area contributed by atoms with E-state index in [0.29, 0.717) is 25.5 Å². The Balaban J connectivity index is 0.00000484. The molecule has 0 unspecified atom stereocenters. The van der Waals surface area contributed by atoms with Gasteiger partial charge >= 0.3 is 5.97 Å². The zero-order valence-corrected chi connectivity index (χ0v) is 16.0. The average molecular weight is 435 g/mol. The molecule has 3 N–H and O–H groups in total. The van der Waals surface area contributed by atoms with E-state index >= 15 is 0 Å². The molecule has 0 fully saturated rings. The number of methoxy groups -OCH3 is 2. The number of nitrogens with two attached hydrogens (primary N) is 1. The minimum absolute atomic E-state index is 0. The molecule has 0 bridgehead atoms. The summed E-state index contributed by atoms with van der Waals surface area (Å²) in [6, 6.07) is 7.80. The van der Waals surface area contributed by atoms with Crippen molar-refractivity contribution >= 4 is 41.6 Å². The highest BCUT2D eigenvalue weighted by atomic mass is 127. The van der Waals surface area contributed by atoms with Crippen LogP contribution in [0.25, 0.3) is 0 Å². The Morgan fingerprint density at radius 3 is 2.65 bits per heavy atom. The Labute approximate surface area is 154 Å². The summed E-state index contributed by atoms with van der Waals surface area (Å²) in [4.78, 5) is 15.2. The van der Waals surface area contributed by atoms with E-state index in [0.717, 1.165) is 30.5 Å². The molecular weight excluding hydrogens is 409 g/mol. The van der Waals surface area contributed by atoms with Gasteiger partial charge in [-0.3, -0.25) is 9.79 Å². The number of ether oxygens (including phenoxy) is 2. The van der Waals surface area contributed by atoms with Crippen LogP contribution in [0.4, 0.5) is 5.69 Å². The summed E-state index contributed by atoms with van der Waals surface area (Å²) in [5.74, 6) is 0.218. The van der Waals surface area contributed by atoms with Gasteiger partial charge in [0.2, 0.25) is 0 Å². The fraction of sp³-hybridized carbons (Fsp3) is 0.500. The molecule has 0 aliphatic rings. The van der Waals surface area contributed by atoms with Crippen molar-refractivity contribution in [3.8, 4) is 0 Å². The molecule has 1 rings (SSSR count). The zero-order valence-electron chi connectivity index (χ0n) is 13.7. The lowest BCUT2D eigenvalue weighted by atomic mass is 10.2. The van der Waals surface area contributed by atoms with Crippen molar-refractivity contribution in [3.63, 3.8) is 0 Å². The van der Waals surface area contributed by atoms with Gasteiger partial charge < -0.3 is 20.5 Å². The summed E-state index contributed by atoms with van der Waals surface area (Å²) in [5.41, 5.74) is 7.81. The Morgan fingerprint density at radius 1 is 1.22 bits per heavy atom. The Bertz CT molecular complexity index is 495. The maximum Gasteiger partial charge on any atom is 0.305 e. The van der Waals surface area contributed by atoms with Crippen molar-refractivity contribution in [3.05, 3.63) is 29.8 Å². The number of unbranched alkanes of at least 4 members (excludes halogenated alkanes) is 2. The number of nitrogens with zero attached hydrogens (tertiary/aromatic N) is 1. The first kappa shape index (κ1) is 21.6. The SMILES string of the molecule is COCc1ccccc1NC(N)=NCCCCCC(=O)OC.I. The molecule has 1 aromatic rings. The maximum absolute atomic E-state index is 11.0. The van der Waals surface area contributed by atoms with Gasteiger partial charge in [-0.2, -0.15) is 0 Å². The van der Waals surface area contributed by atoms with E-state index in [1.165, 1.54) is 7.11 Å². The van der Waals surface area contributed by atoms with Gasteiger partial charge in [-0.25, -0.2) is 0 Å². The molecule has 0 aromatic heterocycles. The van der Waals surface area contributed by atoms with Crippen LogP contribution in [-0.2, 0) is 20.9 Å². The Hall–Kier alpha value is -1.35. The number of benzene rings is 1. The fourth-order valence-electron chi connectivity index (χ4n) is 1.96. The van der Waals surface area contributed by atoms with Crippen molar-refractivity contribution in [1.82, 2.24) is 0 Å². The number of hydrogen-bond donors (Lipinski definition) is 2. The number of para-hydroxylation sites is 1. The quantitative estimate of drug-likeness (QED) is 0.205. The number of carbonyl (C=O) groups excluding carboxylic acids is 1. The van der Waals surface area contributed by atoms with Crippen LogP contribution < -0.4 is 11.1 Å². The van der Waals surface area contributed by atoms with Crippen LogP contribution in [0.5, 0.6) is 0 Å². The highest BCUT2D eigenvalue weighted by Gasteiger charge is 2.02. The van der Waals surface area contributed by atoms with Gasteiger partial charge in [-0.15, -0.1) is 24.0 Å². The molecule has 0 saturated carbocycles. The second kappa shape index (κ2) is 13.1. The van der Waals surface area contributed by atoms with E-state index < -0.39 is 0 Å². The third-order valence-electron chi connectivity index (χ3n) is 3.13. The van der Waals surface area contributed by atoms with Gasteiger partial charge in [0.25, 0.3) is 0 Å². The van der Waals surface area contributed by atoms with Gasteiger partial charge in [0, 0.05) is 31.3 Å². The molecule has 0 amide bonds. The van der Waals surface area contributed by atoms with Gasteiger partial charge in [0.1, 0.15) is 0 Å². The number of aliphatic imine (C=N–C) groups is 1. The molecular formula is C16H26IN3O3. The number of guanidine groups is 1. The van der Waals surface area contributed by atoms with E-state index in [-0.39, 0.29) is 29.9 Å². The number of carbonyl (C=O) groups is 1. The predicted octanol–water partition coefficient (Wildman–Crippen LogP) is 2.91. The van der Waals surface area contributed by atoms with Gasteiger partial charge in [-0.05, 0) is 18.9 Å². The van der Waals surface area contributed by atoms with Crippen LogP contribution in [0.3, 0.4) is 0 Å². The largest absolute Gasteiger partial charge is 0.469 e. The second-order valence-electron chi connectivity index (χ2n) is 4.87. The first-order chi connectivity index (χ1) is 10.7. The fourth-order valence-corrected chi connectivity index (χ4v) is 1.96. The summed E-state index contributed by atoms with van der Waals surface area (Å²) in [6.45, 7) is 1.15. The number of rotatable bonds is 9. The van der Waals surface area contributed by atoms with Crippen LogP contribution in [0.2, 0.25) is 0 Å². The molecule has 1 aromatic carbocycles. The number of esters is 1. The molecule has 0 aliphatic heterocycles. The van der Waals surface area contributed by atoms with E-state index in [9.17, 15) is 4.79 Å². The summed E-state index contributed by atoms with van der Waals surface area (Å²) in [5, 5.41) is 3.09. The summed E-state index contributed by atoms with van der Waals surface area (Å²) < 4.78 is 9.73. The minimum Gasteiger partial charge on any atom is -0.469 e. The summed E-state index contributed by atoms with van der Waals surface area (Å²) in [7, 11) is 3.06. The summed E-state index contributed by atoms with van der Waals surface area (Å²) >= 11 is 0. The lowest BCUT2D eigenvalue weighted by molar-refractivity contribution is -0.140. The van der Waals surface area contributed by atoms with Crippen molar-refractivity contribution in [1.29, 1.82) is 0 Å². The normalized spacial score (nSPS) is 10.8. The molecule has 0 spiro atoms. The van der Waals surface area contributed by atoms with Crippen LogP contribution in [0.15, 0.2) is 29.3 Å². The predicted molar refractivity (Wildman–Crippen MR) is 103 cm³/mol. The topological polar surface area (TPSA) is 85.9 Å². The minimum atomic E-state index is -0.167. The van der Waals surface area contributed by atoms with Gasteiger partial charge in [0.15, 0.2) is 5.96 Å². The van der Waals surface area contributed by atoms with Crippen LogP contribution in [-0.4, -0.2) is 32.7 Å². The van der Waals surface area contributed by atoms with Crippen molar-refractivity contribution in [2.45, 2.75) is 32.3 Å². The van der Waals surface area contributed by atoms with E-state index in [1.807, 2.05) is 24.3 Å². The molecule has 0 atom stereocenters. The summed E-state index contributed by atoms with van der Waals surface area (Å²) in [6.07, 6.45) is 3.08. The lowest BCUT2D eigenvalue weighted by Gasteiger charge is -2.10. The van der Waals surface area contributed by atoms with Gasteiger partial charge in [-0.1, -0.05) is 24.6 Å². The first-order valence-corrected chi connectivity index (χ1v) is 7.38. The smallest absolute Gasteiger partial charge is 0.305 e.